The Morgan fingerprint density at radius 2 is 1.82 bits per heavy atom. The van der Waals surface area contributed by atoms with E-state index in [2.05, 4.69) is 10.0 Å². The van der Waals surface area contributed by atoms with E-state index in [0.717, 1.165) is 5.56 Å². The third kappa shape index (κ3) is 7.33. The second-order valence-electron chi connectivity index (χ2n) is 5.27. The minimum Gasteiger partial charge on any atom is -0.356 e. The highest BCUT2D eigenvalue weighted by Gasteiger charge is 2.09. The summed E-state index contributed by atoms with van der Waals surface area (Å²) in [5.41, 5.74) is 1.56. The molecule has 0 saturated carbocycles. The van der Waals surface area contributed by atoms with Crippen LogP contribution in [0.5, 0.6) is 0 Å². The van der Waals surface area contributed by atoms with Gasteiger partial charge in [0.05, 0.1) is 0 Å². The van der Waals surface area contributed by atoms with Crippen LogP contribution in [0.15, 0.2) is 24.3 Å². The Morgan fingerprint density at radius 3 is 2.36 bits per heavy atom. The number of ketones is 1. The summed E-state index contributed by atoms with van der Waals surface area (Å²) in [7, 11) is 0. The van der Waals surface area contributed by atoms with Crippen molar-refractivity contribution in [3.63, 3.8) is 0 Å². The van der Waals surface area contributed by atoms with Crippen molar-refractivity contribution in [1.29, 1.82) is 0 Å². The van der Waals surface area contributed by atoms with Gasteiger partial charge in [-0.3, -0.25) is 18.9 Å². The van der Waals surface area contributed by atoms with Crippen molar-refractivity contribution in [1.82, 2.24) is 5.32 Å². The van der Waals surface area contributed by atoms with Gasteiger partial charge in [-0.1, -0.05) is 26.0 Å². The Hall–Kier alpha value is -1.73. The largest absolute Gasteiger partial charge is 0.356 e. The standard InChI is InChI=1S/C15H22N2O4S/c1-11(2)14(18)7-8-15(19)16-10-9-12-3-5-13(6-4-12)17-22(20)21/h3-6,11,17H,7-10H2,1-2H3,(H,16,19)(H,20,21). The number of hydrogen-bond acceptors (Lipinski definition) is 3. The van der Waals surface area contributed by atoms with E-state index >= 15 is 0 Å². The van der Waals surface area contributed by atoms with Crippen LogP contribution in [0.25, 0.3) is 0 Å². The number of hydrogen-bond donors (Lipinski definition) is 3. The Morgan fingerprint density at radius 1 is 1.18 bits per heavy atom. The molecule has 7 heteroatoms. The third-order valence-electron chi connectivity index (χ3n) is 3.14. The molecule has 0 aliphatic carbocycles. The van der Waals surface area contributed by atoms with Gasteiger partial charge in [0.2, 0.25) is 5.91 Å². The molecule has 0 spiro atoms. The van der Waals surface area contributed by atoms with Gasteiger partial charge in [-0.15, -0.1) is 0 Å². The van der Waals surface area contributed by atoms with Crippen LogP contribution in [-0.4, -0.2) is 27.0 Å². The molecule has 0 heterocycles. The molecular formula is C15H22N2O4S. The molecule has 1 aromatic rings. The molecule has 1 unspecified atom stereocenters. The lowest BCUT2D eigenvalue weighted by Crippen LogP contribution is -2.26. The number of anilines is 1. The molecule has 0 fully saturated rings. The van der Waals surface area contributed by atoms with Crippen molar-refractivity contribution in [2.24, 2.45) is 5.92 Å². The molecule has 0 aliphatic heterocycles. The summed E-state index contributed by atoms with van der Waals surface area (Å²) in [5.74, 6) is -0.0596. The first-order valence-electron chi connectivity index (χ1n) is 7.14. The van der Waals surface area contributed by atoms with Gasteiger partial charge in [-0.2, -0.15) is 0 Å². The SMILES string of the molecule is CC(C)C(=O)CCC(=O)NCCc1ccc(NS(=O)O)cc1. The Balaban J connectivity index is 2.27. The summed E-state index contributed by atoms with van der Waals surface area (Å²) >= 11 is -2.08. The fraction of sp³-hybridized carbons (Fsp3) is 0.467. The summed E-state index contributed by atoms with van der Waals surface area (Å²) in [4.78, 5) is 23.0. The fourth-order valence-electron chi connectivity index (χ4n) is 1.80. The first-order valence-corrected chi connectivity index (χ1v) is 8.25. The van der Waals surface area contributed by atoms with E-state index in [4.69, 9.17) is 4.55 Å². The molecule has 0 radical (unpaired) electrons. The monoisotopic (exact) mass is 326 g/mol. The van der Waals surface area contributed by atoms with Gasteiger partial charge in [0, 0.05) is 31.0 Å². The Kier molecular flexibility index (Phi) is 7.76. The van der Waals surface area contributed by atoms with E-state index in [1.54, 1.807) is 12.1 Å². The number of amides is 1. The van der Waals surface area contributed by atoms with Crippen LogP contribution in [-0.2, 0) is 27.3 Å². The summed E-state index contributed by atoms with van der Waals surface area (Å²) in [6, 6.07) is 7.05. The lowest BCUT2D eigenvalue weighted by Gasteiger charge is -2.07. The molecule has 1 atom stereocenters. The molecule has 122 valence electrons. The summed E-state index contributed by atoms with van der Waals surface area (Å²) in [6.07, 6.45) is 1.16. The number of benzene rings is 1. The van der Waals surface area contributed by atoms with Crippen molar-refractivity contribution >= 4 is 28.6 Å². The van der Waals surface area contributed by atoms with Crippen LogP contribution >= 0.6 is 0 Å². The lowest BCUT2D eigenvalue weighted by atomic mass is 10.0. The van der Waals surface area contributed by atoms with Crippen LogP contribution in [0.2, 0.25) is 0 Å². The molecule has 0 bridgehead atoms. The van der Waals surface area contributed by atoms with Gasteiger partial charge in [0.25, 0.3) is 11.3 Å². The zero-order valence-electron chi connectivity index (χ0n) is 12.8. The minimum absolute atomic E-state index is 0.0341. The van der Waals surface area contributed by atoms with Crippen molar-refractivity contribution in [2.75, 3.05) is 11.3 Å². The number of nitrogens with one attached hydrogen (secondary N) is 2. The average molecular weight is 326 g/mol. The highest BCUT2D eigenvalue weighted by atomic mass is 32.2. The molecule has 6 nitrogen and oxygen atoms in total. The number of carbonyl (C=O) groups is 2. The normalized spacial score (nSPS) is 12.0. The number of carbonyl (C=O) groups excluding carboxylic acids is 2. The third-order valence-corrected chi connectivity index (χ3v) is 3.55. The van der Waals surface area contributed by atoms with E-state index in [0.29, 0.717) is 18.7 Å². The topological polar surface area (TPSA) is 95.5 Å². The average Bonchev–Trinajstić information content (AvgIpc) is 2.46. The smallest absolute Gasteiger partial charge is 0.259 e. The highest BCUT2D eigenvalue weighted by molar-refractivity contribution is 7.80. The maximum atomic E-state index is 11.6. The van der Waals surface area contributed by atoms with E-state index < -0.39 is 11.3 Å². The minimum atomic E-state index is -2.08. The van der Waals surface area contributed by atoms with Crippen LogP contribution in [0.4, 0.5) is 5.69 Å². The van der Waals surface area contributed by atoms with Crippen molar-refractivity contribution < 1.29 is 18.4 Å². The van der Waals surface area contributed by atoms with E-state index in [-0.39, 0.29) is 30.4 Å². The summed E-state index contributed by atoms with van der Waals surface area (Å²) < 4.78 is 21.6. The molecule has 3 N–H and O–H groups in total. The van der Waals surface area contributed by atoms with Crippen LogP contribution in [0.1, 0.15) is 32.3 Å². The number of rotatable bonds is 9. The van der Waals surface area contributed by atoms with Gasteiger partial charge < -0.3 is 5.32 Å². The molecular weight excluding hydrogens is 304 g/mol. The van der Waals surface area contributed by atoms with E-state index in [1.165, 1.54) is 0 Å². The van der Waals surface area contributed by atoms with Crippen molar-refractivity contribution in [2.45, 2.75) is 33.1 Å². The molecule has 0 saturated heterocycles. The Labute approximate surface area is 133 Å². The first-order chi connectivity index (χ1) is 10.4. The summed E-state index contributed by atoms with van der Waals surface area (Å²) in [5, 5.41) is 2.78. The molecule has 1 rings (SSSR count). The molecule has 1 aromatic carbocycles. The maximum absolute atomic E-state index is 11.6. The van der Waals surface area contributed by atoms with Crippen LogP contribution in [0.3, 0.4) is 0 Å². The second kappa shape index (κ2) is 9.32. The zero-order chi connectivity index (χ0) is 16.5. The van der Waals surface area contributed by atoms with Crippen LogP contribution < -0.4 is 10.0 Å². The van der Waals surface area contributed by atoms with E-state index in [1.807, 2.05) is 26.0 Å². The van der Waals surface area contributed by atoms with Gasteiger partial charge in [0.1, 0.15) is 5.78 Å². The molecule has 0 aromatic heterocycles. The highest BCUT2D eigenvalue weighted by Crippen LogP contribution is 2.10. The molecule has 1 amide bonds. The first kappa shape index (κ1) is 18.3. The lowest BCUT2D eigenvalue weighted by molar-refractivity contribution is -0.126. The quantitative estimate of drug-likeness (QED) is 0.604. The predicted octanol–water partition coefficient (Wildman–Crippen LogP) is 1.90. The molecule has 0 aliphatic rings. The summed E-state index contributed by atoms with van der Waals surface area (Å²) in [6.45, 7) is 4.14. The van der Waals surface area contributed by atoms with Crippen molar-refractivity contribution in [3.05, 3.63) is 29.8 Å². The predicted molar refractivity (Wildman–Crippen MR) is 86.6 cm³/mol. The zero-order valence-corrected chi connectivity index (χ0v) is 13.6. The van der Waals surface area contributed by atoms with Crippen molar-refractivity contribution in [3.8, 4) is 0 Å². The second-order valence-corrected chi connectivity index (χ2v) is 5.97. The van der Waals surface area contributed by atoms with Gasteiger partial charge in [-0.25, -0.2) is 4.21 Å². The van der Waals surface area contributed by atoms with Gasteiger partial charge >= 0.3 is 0 Å². The van der Waals surface area contributed by atoms with Gasteiger partial charge in [0.15, 0.2) is 0 Å². The van der Waals surface area contributed by atoms with Gasteiger partial charge in [-0.05, 0) is 24.1 Å². The van der Waals surface area contributed by atoms with E-state index in [9.17, 15) is 13.8 Å². The number of Topliss-reactive ketones (excluding diaryl/α,β-unsaturated/α-hetero) is 1. The maximum Gasteiger partial charge on any atom is 0.259 e. The Bertz CT molecular complexity index is 529. The molecule has 22 heavy (non-hydrogen) atoms. The van der Waals surface area contributed by atoms with Crippen LogP contribution in [0, 0.1) is 5.92 Å². The fourth-order valence-corrected chi connectivity index (χ4v) is 2.14.